The standard InChI is InChI=1S/C3H4S2.P/c1-2-4-5-3-1;/h1-2H,3H2;. The monoisotopic (exact) mass is 135 g/mol. The molecule has 0 atom stereocenters. The quantitative estimate of drug-likeness (QED) is 0.370. The Hall–Kier alpha value is 0.870. The summed E-state index contributed by atoms with van der Waals surface area (Å²) in [5.74, 6) is 1.20. The SMILES string of the molecule is C1=CSSC1.[P]. The molecule has 0 unspecified atom stereocenters. The topological polar surface area (TPSA) is 0 Å². The van der Waals surface area contributed by atoms with Gasteiger partial charge in [-0.05, 0) is 5.41 Å². The molecule has 33 valence electrons. The van der Waals surface area contributed by atoms with Crippen LogP contribution < -0.4 is 0 Å². The van der Waals surface area contributed by atoms with Crippen LogP contribution in [0.5, 0.6) is 0 Å². The van der Waals surface area contributed by atoms with Gasteiger partial charge in [-0.2, -0.15) is 0 Å². The van der Waals surface area contributed by atoms with Gasteiger partial charge in [0.05, 0.1) is 0 Å². The van der Waals surface area contributed by atoms with Gasteiger partial charge in [0.25, 0.3) is 0 Å². The fourth-order valence-corrected chi connectivity index (χ4v) is 1.77. The molecule has 0 saturated carbocycles. The molecular weight excluding hydrogens is 131 g/mol. The molecule has 3 radical (unpaired) electrons. The van der Waals surface area contributed by atoms with Crippen LogP contribution in [0, 0.1) is 0 Å². The highest BCUT2D eigenvalue weighted by Crippen LogP contribution is 2.27. The van der Waals surface area contributed by atoms with E-state index in [-0.39, 0.29) is 9.90 Å². The molecule has 1 rings (SSSR count). The zero-order valence-corrected chi connectivity index (χ0v) is 5.65. The number of rotatable bonds is 0. The summed E-state index contributed by atoms with van der Waals surface area (Å²) in [5, 5.41) is 2.12. The van der Waals surface area contributed by atoms with E-state index in [4.69, 9.17) is 0 Å². The molecule has 0 amide bonds. The third-order valence-corrected chi connectivity index (χ3v) is 2.30. The molecule has 0 N–H and O–H groups in total. The van der Waals surface area contributed by atoms with E-state index in [0.717, 1.165) is 0 Å². The van der Waals surface area contributed by atoms with Gasteiger partial charge in [0.15, 0.2) is 0 Å². The van der Waals surface area contributed by atoms with Crippen LogP contribution in [-0.4, -0.2) is 5.75 Å². The molecule has 0 nitrogen and oxygen atoms in total. The molecule has 6 heavy (non-hydrogen) atoms. The highest BCUT2D eigenvalue weighted by Gasteiger charge is 1.85. The second-order valence-electron chi connectivity index (χ2n) is 0.753. The average Bonchev–Trinajstić information content (AvgIpc) is 1.76. The smallest absolute Gasteiger partial charge is 0.0229 e. The molecule has 0 aromatic carbocycles. The third kappa shape index (κ3) is 2.12. The first-order chi connectivity index (χ1) is 2.50. The Morgan fingerprint density at radius 3 is 2.50 bits per heavy atom. The molecule has 0 spiro atoms. The van der Waals surface area contributed by atoms with Gasteiger partial charge < -0.3 is 0 Å². The van der Waals surface area contributed by atoms with Crippen LogP contribution in [0.2, 0.25) is 0 Å². The summed E-state index contributed by atoms with van der Waals surface area (Å²) in [6.45, 7) is 0. The van der Waals surface area contributed by atoms with E-state index < -0.39 is 0 Å². The maximum absolute atomic E-state index is 2.16. The van der Waals surface area contributed by atoms with Gasteiger partial charge in [0, 0.05) is 15.7 Å². The van der Waals surface area contributed by atoms with Crippen molar-refractivity contribution < 1.29 is 0 Å². The molecule has 0 bridgehead atoms. The van der Waals surface area contributed by atoms with Crippen LogP contribution in [0.3, 0.4) is 0 Å². The Bertz CT molecular complexity index is 46.8. The summed E-state index contributed by atoms with van der Waals surface area (Å²) in [7, 11) is 3.69. The van der Waals surface area contributed by atoms with Crippen molar-refractivity contribution >= 4 is 31.5 Å². The van der Waals surface area contributed by atoms with Gasteiger partial charge in [-0.25, -0.2) is 0 Å². The minimum absolute atomic E-state index is 0. The maximum atomic E-state index is 2.16. The molecule has 1 aliphatic heterocycles. The van der Waals surface area contributed by atoms with E-state index in [1.807, 2.05) is 21.6 Å². The number of hydrogen-bond donors (Lipinski definition) is 0. The summed E-state index contributed by atoms with van der Waals surface area (Å²) < 4.78 is 0. The van der Waals surface area contributed by atoms with Crippen molar-refractivity contribution in [3.05, 3.63) is 11.5 Å². The van der Waals surface area contributed by atoms with Crippen molar-refractivity contribution in [2.45, 2.75) is 0 Å². The van der Waals surface area contributed by atoms with Crippen LogP contribution in [0.15, 0.2) is 11.5 Å². The van der Waals surface area contributed by atoms with Crippen molar-refractivity contribution in [3.8, 4) is 0 Å². The molecule has 3 heteroatoms. The van der Waals surface area contributed by atoms with E-state index in [0.29, 0.717) is 0 Å². The summed E-state index contributed by atoms with van der Waals surface area (Å²) in [6.07, 6.45) is 2.16. The predicted molar refractivity (Wildman–Crippen MR) is 36.1 cm³/mol. The molecule has 0 fully saturated rings. The first kappa shape index (κ1) is 6.87. The van der Waals surface area contributed by atoms with E-state index in [2.05, 4.69) is 11.5 Å². The molecular formula is C3H4PS2. The van der Waals surface area contributed by atoms with Crippen LogP contribution in [0.25, 0.3) is 0 Å². The minimum Gasteiger partial charge on any atom is -0.0854 e. The van der Waals surface area contributed by atoms with Gasteiger partial charge in [-0.3, -0.25) is 0 Å². The normalized spacial score (nSPS) is 17.3. The van der Waals surface area contributed by atoms with Crippen molar-refractivity contribution in [3.63, 3.8) is 0 Å². The summed E-state index contributed by atoms with van der Waals surface area (Å²) in [4.78, 5) is 0. The Balaban J connectivity index is 0.000000250. The fraction of sp³-hybridized carbons (Fsp3) is 0.333. The molecule has 0 saturated heterocycles. The summed E-state index contributed by atoms with van der Waals surface area (Å²) in [5.41, 5.74) is 0. The second-order valence-corrected chi connectivity index (χ2v) is 3.07. The molecule has 0 aromatic heterocycles. The van der Waals surface area contributed by atoms with Gasteiger partial charge in [-0.1, -0.05) is 27.7 Å². The molecule has 0 aliphatic carbocycles. The molecule has 1 heterocycles. The summed E-state index contributed by atoms with van der Waals surface area (Å²) in [6, 6.07) is 0. The number of hydrogen-bond acceptors (Lipinski definition) is 2. The lowest BCUT2D eigenvalue weighted by Gasteiger charge is -1.69. The lowest BCUT2D eigenvalue weighted by molar-refractivity contribution is 1.85. The largest absolute Gasteiger partial charge is 0.0854 e. The summed E-state index contributed by atoms with van der Waals surface area (Å²) >= 11 is 0. The Morgan fingerprint density at radius 2 is 2.33 bits per heavy atom. The van der Waals surface area contributed by atoms with Gasteiger partial charge >= 0.3 is 0 Å². The highest BCUT2D eigenvalue weighted by atomic mass is 33.1. The van der Waals surface area contributed by atoms with Gasteiger partial charge in [-0.15, -0.1) is 0 Å². The van der Waals surface area contributed by atoms with Crippen molar-refractivity contribution in [2.24, 2.45) is 0 Å². The van der Waals surface area contributed by atoms with E-state index in [1.165, 1.54) is 5.75 Å². The molecule has 0 aromatic rings. The highest BCUT2D eigenvalue weighted by molar-refractivity contribution is 8.78. The van der Waals surface area contributed by atoms with Crippen LogP contribution >= 0.6 is 31.5 Å². The van der Waals surface area contributed by atoms with E-state index in [1.54, 1.807) is 0 Å². The fourth-order valence-electron chi connectivity index (χ4n) is 0.196. The van der Waals surface area contributed by atoms with Crippen molar-refractivity contribution in [1.29, 1.82) is 0 Å². The van der Waals surface area contributed by atoms with Gasteiger partial charge in [0.1, 0.15) is 0 Å². The van der Waals surface area contributed by atoms with E-state index >= 15 is 0 Å². The first-order valence-corrected chi connectivity index (χ1v) is 3.81. The minimum atomic E-state index is 0. The average molecular weight is 135 g/mol. The third-order valence-electron chi connectivity index (χ3n) is 0.384. The Kier molecular flexibility index (Phi) is 4.63. The van der Waals surface area contributed by atoms with Crippen molar-refractivity contribution in [1.82, 2.24) is 0 Å². The van der Waals surface area contributed by atoms with Crippen LogP contribution in [0.1, 0.15) is 0 Å². The maximum Gasteiger partial charge on any atom is 0.0229 e. The first-order valence-electron chi connectivity index (χ1n) is 1.43. The lowest BCUT2D eigenvalue weighted by atomic mass is 10.8. The Morgan fingerprint density at radius 1 is 1.50 bits per heavy atom. The zero-order valence-electron chi connectivity index (χ0n) is 3.13. The molecule has 1 aliphatic rings. The van der Waals surface area contributed by atoms with Gasteiger partial charge in [0.2, 0.25) is 0 Å². The van der Waals surface area contributed by atoms with Crippen LogP contribution in [-0.2, 0) is 0 Å². The lowest BCUT2D eigenvalue weighted by Crippen LogP contribution is -1.46. The van der Waals surface area contributed by atoms with Crippen molar-refractivity contribution in [2.75, 3.05) is 5.75 Å². The second kappa shape index (κ2) is 4.04. The van der Waals surface area contributed by atoms with E-state index in [9.17, 15) is 0 Å². The predicted octanol–water partition coefficient (Wildman–Crippen LogP) is 2.76. The zero-order chi connectivity index (χ0) is 3.54. The van der Waals surface area contributed by atoms with Crippen LogP contribution in [0.4, 0.5) is 0 Å². The Labute approximate surface area is 49.2 Å².